The molecule has 0 amide bonds. The third kappa shape index (κ3) is 3.27. The lowest BCUT2D eigenvalue weighted by molar-refractivity contribution is 0.0433. The number of aliphatic hydroxyl groups is 1. The lowest BCUT2D eigenvalue weighted by Gasteiger charge is -2.25. The highest BCUT2D eigenvalue weighted by Gasteiger charge is 2.20. The summed E-state index contributed by atoms with van der Waals surface area (Å²) in [5.74, 6) is 0.207. The normalized spacial score (nSPS) is 19.2. The van der Waals surface area contributed by atoms with Crippen LogP contribution in [0.1, 0.15) is 36.5 Å². The zero-order valence-electron chi connectivity index (χ0n) is 10.2. The maximum absolute atomic E-state index is 13.2. The smallest absolute Gasteiger partial charge is 0.123 e. The standard InChI is InChI=1S/C14H19FO2/c1-10-2-3-12(15)9-13(10)14(16)8-11-4-6-17-7-5-11/h2-3,9,11,14,16H,4-8H2,1H3. The van der Waals surface area contributed by atoms with Gasteiger partial charge in [-0.3, -0.25) is 0 Å². The van der Waals surface area contributed by atoms with E-state index in [9.17, 15) is 9.50 Å². The van der Waals surface area contributed by atoms with E-state index in [4.69, 9.17) is 4.74 Å². The fraction of sp³-hybridized carbons (Fsp3) is 0.571. The summed E-state index contributed by atoms with van der Waals surface area (Å²) in [6.07, 6.45) is 2.12. The van der Waals surface area contributed by atoms with Crippen molar-refractivity contribution in [3.05, 3.63) is 35.1 Å². The van der Waals surface area contributed by atoms with Crippen molar-refractivity contribution in [3.63, 3.8) is 0 Å². The van der Waals surface area contributed by atoms with E-state index in [0.717, 1.165) is 37.2 Å². The van der Waals surface area contributed by atoms with Crippen molar-refractivity contribution in [2.24, 2.45) is 5.92 Å². The molecule has 2 nitrogen and oxygen atoms in total. The number of aryl methyl sites for hydroxylation is 1. The molecule has 0 aliphatic carbocycles. The van der Waals surface area contributed by atoms with E-state index in [2.05, 4.69) is 0 Å². The second-order valence-electron chi connectivity index (χ2n) is 4.81. The molecule has 17 heavy (non-hydrogen) atoms. The quantitative estimate of drug-likeness (QED) is 0.877. The zero-order valence-corrected chi connectivity index (χ0v) is 10.2. The average Bonchev–Trinajstić information content (AvgIpc) is 2.33. The SMILES string of the molecule is Cc1ccc(F)cc1C(O)CC1CCOCC1. The maximum atomic E-state index is 13.2. The number of benzene rings is 1. The molecule has 1 unspecified atom stereocenters. The first-order valence-corrected chi connectivity index (χ1v) is 6.18. The van der Waals surface area contributed by atoms with Crippen LogP contribution in [0.3, 0.4) is 0 Å². The Labute approximate surface area is 101 Å². The lowest BCUT2D eigenvalue weighted by atomic mass is 9.89. The molecule has 1 aromatic rings. The Kier molecular flexibility index (Phi) is 4.13. The van der Waals surface area contributed by atoms with E-state index in [0.29, 0.717) is 12.3 Å². The predicted molar refractivity (Wildman–Crippen MR) is 64.3 cm³/mol. The molecule has 1 atom stereocenters. The van der Waals surface area contributed by atoms with Crippen LogP contribution in [-0.4, -0.2) is 18.3 Å². The number of hydrogen-bond acceptors (Lipinski definition) is 2. The Morgan fingerprint density at radius 3 is 2.82 bits per heavy atom. The Bertz CT molecular complexity index is 372. The summed E-state index contributed by atoms with van der Waals surface area (Å²) in [7, 11) is 0. The Morgan fingerprint density at radius 1 is 1.41 bits per heavy atom. The van der Waals surface area contributed by atoms with Gasteiger partial charge in [0.25, 0.3) is 0 Å². The number of aliphatic hydroxyl groups excluding tert-OH is 1. The summed E-state index contributed by atoms with van der Waals surface area (Å²) in [5, 5.41) is 10.2. The minimum Gasteiger partial charge on any atom is -0.388 e. The highest BCUT2D eigenvalue weighted by molar-refractivity contribution is 5.28. The molecule has 0 spiro atoms. The fourth-order valence-electron chi connectivity index (χ4n) is 2.40. The molecule has 0 saturated carbocycles. The first kappa shape index (κ1) is 12.5. The molecule has 3 heteroatoms. The summed E-state index contributed by atoms with van der Waals surface area (Å²) in [6, 6.07) is 4.59. The van der Waals surface area contributed by atoms with Crippen molar-refractivity contribution >= 4 is 0 Å². The van der Waals surface area contributed by atoms with Gasteiger partial charge in [0.1, 0.15) is 5.82 Å². The number of hydrogen-bond donors (Lipinski definition) is 1. The van der Waals surface area contributed by atoms with Crippen LogP contribution in [0.5, 0.6) is 0 Å². The Balaban J connectivity index is 2.02. The van der Waals surface area contributed by atoms with Crippen LogP contribution in [0.15, 0.2) is 18.2 Å². The molecule has 0 radical (unpaired) electrons. The molecule has 1 aliphatic heterocycles. The van der Waals surface area contributed by atoms with Gasteiger partial charge in [-0.25, -0.2) is 4.39 Å². The van der Waals surface area contributed by atoms with Crippen molar-refractivity contribution in [2.45, 2.75) is 32.3 Å². The van der Waals surface area contributed by atoms with Crippen LogP contribution in [0.25, 0.3) is 0 Å². The molecule has 0 bridgehead atoms. The second-order valence-corrected chi connectivity index (χ2v) is 4.81. The van der Waals surface area contributed by atoms with Gasteiger partial charge in [0.05, 0.1) is 6.10 Å². The molecule has 0 aromatic heterocycles. The summed E-state index contributed by atoms with van der Waals surface area (Å²) in [4.78, 5) is 0. The highest BCUT2D eigenvalue weighted by Crippen LogP contribution is 2.29. The molecule has 2 rings (SSSR count). The number of rotatable bonds is 3. The van der Waals surface area contributed by atoms with Gasteiger partial charge >= 0.3 is 0 Å². The van der Waals surface area contributed by atoms with Crippen LogP contribution in [0, 0.1) is 18.7 Å². The molecular formula is C14H19FO2. The van der Waals surface area contributed by atoms with E-state index in [1.54, 1.807) is 6.07 Å². The van der Waals surface area contributed by atoms with E-state index >= 15 is 0 Å². The average molecular weight is 238 g/mol. The van der Waals surface area contributed by atoms with Crippen molar-refractivity contribution in [1.82, 2.24) is 0 Å². The third-order valence-corrected chi connectivity index (χ3v) is 3.50. The highest BCUT2D eigenvalue weighted by atomic mass is 19.1. The molecular weight excluding hydrogens is 219 g/mol. The van der Waals surface area contributed by atoms with Gasteiger partial charge in [0, 0.05) is 13.2 Å². The molecule has 1 aromatic carbocycles. The molecule has 1 fully saturated rings. The van der Waals surface area contributed by atoms with Crippen molar-refractivity contribution < 1.29 is 14.2 Å². The Hall–Kier alpha value is -0.930. The van der Waals surface area contributed by atoms with Gasteiger partial charge in [-0.05, 0) is 55.4 Å². The van der Waals surface area contributed by atoms with Crippen LogP contribution in [0.2, 0.25) is 0 Å². The Morgan fingerprint density at radius 2 is 2.12 bits per heavy atom. The summed E-state index contributed by atoms with van der Waals surface area (Å²) in [6.45, 7) is 3.46. The van der Waals surface area contributed by atoms with Crippen LogP contribution in [0.4, 0.5) is 4.39 Å². The fourth-order valence-corrected chi connectivity index (χ4v) is 2.40. The van der Waals surface area contributed by atoms with Gasteiger partial charge in [0.15, 0.2) is 0 Å². The van der Waals surface area contributed by atoms with Crippen LogP contribution in [-0.2, 0) is 4.74 Å². The van der Waals surface area contributed by atoms with Gasteiger partial charge in [-0.15, -0.1) is 0 Å². The number of ether oxygens (including phenoxy) is 1. The summed E-state index contributed by atoms with van der Waals surface area (Å²) < 4.78 is 18.4. The van der Waals surface area contributed by atoms with Gasteiger partial charge in [-0.1, -0.05) is 6.07 Å². The molecule has 94 valence electrons. The van der Waals surface area contributed by atoms with Gasteiger partial charge in [-0.2, -0.15) is 0 Å². The van der Waals surface area contributed by atoms with E-state index in [1.807, 2.05) is 6.92 Å². The summed E-state index contributed by atoms with van der Waals surface area (Å²) >= 11 is 0. The van der Waals surface area contributed by atoms with E-state index in [1.165, 1.54) is 12.1 Å². The minimum atomic E-state index is -0.561. The zero-order chi connectivity index (χ0) is 12.3. The summed E-state index contributed by atoms with van der Waals surface area (Å²) in [5.41, 5.74) is 1.67. The first-order valence-electron chi connectivity index (χ1n) is 6.18. The monoisotopic (exact) mass is 238 g/mol. The van der Waals surface area contributed by atoms with Gasteiger partial charge in [0.2, 0.25) is 0 Å². The molecule has 1 N–H and O–H groups in total. The molecule has 1 saturated heterocycles. The molecule has 1 aliphatic rings. The van der Waals surface area contributed by atoms with Crippen molar-refractivity contribution in [3.8, 4) is 0 Å². The topological polar surface area (TPSA) is 29.5 Å². The van der Waals surface area contributed by atoms with Crippen molar-refractivity contribution in [2.75, 3.05) is 13.2 Å². The van der Waals surface area contributed by atoms with Crippen LogP contribution < -0.4 is 0 Å². The van der Waals surface area contributed by atoms with Gasteiger partial charge < -0.3 is 9.84 Å². The van der Waals surface area contributed by atoms with E-state index in [-0.39, 0.29) is 5.82 Å². The minimum absolute atomic E-state index is 0.281. The van der Waals surface area contributed by atoms with E-state index < -0.39 is 6.10 Å². The lowest BCUT2D eigenvalue weighted by Crippen LogP contribution is -2.18. The van der Waals surface area contributed by atoms with Crippen molar-refractivity contribution in [1.29, 1.82) is 0 Å². The molecule has 1 heterocycles. The van der Waals surface area contributed by atoms with Crippen LogP contribution >= 0.6 is 0 Å². The largest absolute Gasteiger partial charge is 0.388 e. The maximum Gasteiger partial charge on any atom is 0.123 e. The second kappa shape index (κ2) is 5.61. The third-order valence-electron chi connectivity index (χ3n) is 3.50. The number of halogens is 1. The predicted octanol–water partition coefficient (Wildman–Crippen LogP) is 2.98. The first-order chi connectivity index (χ1) is 8.16.